The van der Waals surface area contributed by atoms with Crippen molar-refractivity contribution in [3.8, 4) is 0 Å². The fraction of sp³-hybridized carbons (Fsp3) is 0.571. The highest BCUT2D eigenvalue weighted by atomic mass is 16.3. The highest BCUT2D eigenvalue weighted by Gasteiger charge is 2.50. The molecule has 3 unspecified atom stereocenters. The van der Waals surface area contributed by atoms with Crippen molar-refractivity contribution in [3.05, 3.63) is 35.4 Å². The van der Waals surface area contributed by atoms with E-state index in [1.54, 1.807) is 0 Å². The molecule has 1 fully saturated rings. The van der Waals surface area contributed by atoms with Crippen molar-refractivity contribution in [1.82, 2.24) is 0 Å². The lowest BCUT2D eigenvalue weighted by Crippen LogP contribution is -2.49. The van der Waals surface area contributed by atoms with E-state index in [0.29, 0.717) is 5.92 Å². The zero-order chi connectivity index (χ0) is 11.1. The lowest BCUT2D eigenvalue weighted by molar-refractivity contribution is -0.0779. The van der Waals surface area contributed by atoms with Crippen LogP contribution in [0, 0.1) is 12.3 Å². The van der Waals surface area contributed by atoms with Crippen molar-refractivity contribution in [2.75, 3.05) is 0 Å². The Hall–Kier alpha value is -0.820. The second kappa shape index (κ2) is 3.64. The van der Waals surface area contributed by atoms with E-state index < -0.39 is 0 Å². The van der Waals surface area contributed by atoms with Crippen molar-refractivity contribution >= 4 is 0 Å². The quantitative estimate of drug-likeness (QED) is 0.784. The van der Waals surface area contributed by atoms with Crippen LogP contribution in [0.25, 0.3) is 0 Å². The Kier molecular flexibility index (Phi) is 2.59. The monoisotopic (exact) mass is 204 g/mol. The van der Waals surface area contributed by atoms with E-state index in [4.69, 9.17) is 0 Å². The third-order valence-corrected chi connectivity index (χ3v) is 4.34. The molecule has 1 N–H and O–H groups in total. The van der Waals surface area contributed by atoms with Crippen LogP contribution < -0.4 is 0 Å². The van der Waals surface area contributed by atoms with E-state index in [-0.39, 0.29) is 11.5 Å². The Labute approximate surface area is 92.1 Å². The molecular weight excluding hydrogens is 184 g/mol. The predicted octanol–water partition coefficient (Wildman–Crippen LogP) is 3.26. The van der Waals surface area contributed by atoms with E-state index in [1.165, 1.54) is 11.1 Å². The second-order valence-corrected chi connectivity index (χ2v) is 5.02. The topological polar surface area (TPSA) is 20.2 Å². The summed E-state index contributed by atoms with van der Waals surface area (Å²) in [7, 11) is 0. The maximum atomic E-state index is 9.89. The zero-order valence-electron chi connectivity index (χ0n) is 9.83. The molecule has 3 atom stereocenters. The predicted molar refractivity (Wildman–Crippen MR) is 62.9 cm³/mol. The van der Waals surface area contributed by atoms with Gasteiger partial charge in [0.1, 0.15) is 0 Å². The number of rotatable bonds is 2. The van der Waals surface area contributed by atoms with Gasteiger partial charge in [-0.2, -0.15) is 0 Å². The fourth-order valence-corrected chi connectivity index (χ4v) is 2.78. The molecule has 1 heteroatoms. The van der Waals surface area contributed by atoms with Crippen molar-refractivity contribution in [2.24, 2.45) is 5.41 Å². The largest absolute Gasteiger partial charge is 0.393 e. The molecule has 15 heavy (non-hydrogen) atoms. The molecule has 2 rings (SSSR count). The first-order chi connectivity index (χ1) is 7.09. The second-order valence-electron chi connectivity index (χ2n) is 5.02. The Morgan fingerprint density at radius 1 is 1.40 bits per heavy atom. The van der Waals surface area contributed by atoms with Gasteiger partial charge in [-0.1, -0.05) is 38.1 Å². The lowest BCUT2D eigenvalue weighted by Gasteiger charge is -2.52. The summed E-state index contributed by atoms with van der Waals surface area (Å²) in [5, 5.41) is 9.89. The summed E-state index contributed by atoms with van der Waals surface area (Å²) in [6, 6.07) is 8.55. The minimum absolute atomic E-state index is 0.0894. The van der Waals surface area contributed by atoms with Crippen LogP contribution in [0.4, 0.5) is 0 Å². The van der Waals surface area contributed by atoms with Gasteiger partial charge in [0.25, 0.3) is 0 Å². The maximum Gasteiger partial charge on any atom is 0.0605 e. The van der Waals surface area contributed by atoms with Crippen LogP contribution in [0.2, 0.25) is 0 Å². The lowest BCUT2D eigenvalue weighted by atomic mass is 9.55. The van der Waals surface area contributed by atoms with Gasteiger partial charge in [-0.15, -0.1) is 0 Å². The van der Waals surface area contributed by atoms with Gasteiger partial charge >= 0.3 is 0 Å². The molecule has 0 aliphatic heterocycles. The first-order valence-corrected chi connectivity index (χ1v) is 5.83. The van der Waals surface area contributed by atoms with Crippen LogP contribution in [-0.4, -0.2) is 11.2 Å². The molecule has 0 heterocycles. The molecule has 0 radical (unpaired) electrons. The molecular formula is C14H20O. The molecule has 1 aromatic rings. The van der Waals surface area contributed by atoms with Crippen molar-refractivity contribution in [1.29, 1.82) is 0 Å². The SMILES string of the molecule is CCC1(C)C(O)CC1c1ccccc1C. The van der Waals surface area contributed by atoms with Crippen LogP contribution in [0.3, 0.4) is 0 Å². The summed E-state index contributed by atoms with van der Waals surface area (Å²) in [4.78, 5) is 0. The molecule has 1 aliphatic carbocycles. The fourth-order valence-electron chi connectivity index (χ4n) is 2.78. The number of aryl methyl sites for hydroxylation is 1. The van der Waals surface area contributed by atoms with Crippen LogP contribution in [0.1, 0.15) is 43.7 Å². The van der Waals surface area contributed by atoms with Crippen LogP contribution in [0.15, 0.2) is 24.3 Å². The highest BCUT2D eigenvalue weighted by Crippen LogP contribution is 2.55. The molecule has 1 aromatic carbocycles. The minimum Gasteiger partial charge on any atom is -0.393 e. The van der Waals surface area contributed by atoms with Gasteiger partial charge in [0.05, 0.1) is 6.10 Å². The molecule has 0 bridgehead atoms. The van der Waals surface area contributed by atoms with Gasteiger partial charge in [-0.25, -0.2) is 0 Å². The normalized spacial score (nSPS) is 34.9. The van der Waals surface area contributed by atoms with E-state index in [2.05, 4.69) is 45.0 Å². The molecule has 1 aliphatic rings. The molecule has 0 saturated heterocycles. The Morgan fingerprint density at radius 2 is 2.07 bits per heavy atom. The van der Waals surface area contributed by atoms with E-state index in [1.807, 2.05) is 0 Å². The van der Waals surface area contributed by atoms with Gasteiger partial charge in [-0.3, -0.25) is 0 Å². The van der Waals surface area contributed by atoms with Crippen LogP contribution >= 0.6 is 0 Å². The van der Waals surface area contributed by atoms with Gasteiger partial charge in [-0.05, 0) is 36.8 Å². The number of aliphatic hydroxyl groups excluding tert-OH is 1. The smallest absolute Gasteiger partial charge is 0.0605 e. The number of aliphatic hydroxyl groups is 1. The third-order valence-electron chi connectivity index (χ3n) is 4.34. The average Bonchev–Trinajstić information content (AvgIpc) is 2.26. The molecule has 1 saturated carbocycles. The number of hydrogen-bond acceptors (Lipinski definition) is 1. The van der Waals surface area contributed by atoms with Gasteiger partial charge in [0.2, 0.25) is 0 Å². The van der Waals surface area contributed by atoms with Crippen LogP contribution in [0.5, 0.6) is 0 Å². The standard InChI is InChI=1S/C14H20O/c1-4-14(3)12(9-13(14)15)11-8-6-5-7-10(11)2/h5-8,12-13,15H,4,9H2,1-3H3. The Morgan fingerprint density at radius 3 is 2.60 bits per heavy atom. The average molecular weight is 204 g/mol. The number of hydrogen-bond donors (Lipinski definition) is 1. The first kappa shape index (κ1) is 10.7. The van der Waals surface area contributed by atoms with E-state index in [0.717, 1.165) is 12.8 Å². The maximum absolute atomic E-state index is 9.89. The molecule has 1 nitrogen and oxygen atoms in total. The zero-order valence-corrected chi connectivity index (χ0v) is 9.83. The summed E-state index contributed by atoms with van der Waals surface area (Å²) in [6.45, 7) is 6.54. The van der Waals surface area contributed by atoms with Gasteiger partial charge < -0.3 is 5.11 Å². The summed E-state index contributed by atoms with van der Waals surface area (Å²) >= 11 is 0. The van der Waals surface area contributed by atoms with Crippen LogP contribution in [-0.2, 0) is 0 Å². The van der Waals surface area contributed by atoms with Gasteiger partial charge in [0.15, 0.2) is 0 Å². The molecule has 0 spiro atoms. The van der Waals surface area contributed by atoms with Crippen molar-refractivity contribution in [3.63, 3.8) is 0 Å². The summed E-state index contributed by atoms with van der Waals surface area (Å²) in [5.41, 5.74) is 2.87. The van der Waals surface area contributed by atoms with Crippen molar-refractivity contribution < 1.29 is 5.11 Å². The Balaban J connectivity index is 2.31. The molecule has 0 amide bonds. The summed E-state index contributed by atoms with van der Waals surface area (Å²) < 4.78 is 0. The van der Waals surface area contributed by atoms with E-state index in [9.17, 15) is 5.11 Å². The molecule has 0 aromatic heterocycles. The number of benzene rings is 1. The third kappa shape index (κ3) is 1.50. The minimum atomic E-state index is -0.118. The van der Waals surface area contributed by atoms with Crippen molar-refractivity contribution in [2.45, 2.75) is 45.6 Å². The Bertz CT molecular complexity index is 358. The molecule has 82 valence electrons. The van der Waals surface area contributed by atoms with E-state index >= 15 is 0 Å². The van der Waals surface area contributed by atoms with Gasteiger partial charge in [0, 0.05) is 5.41 Å². The summed E-state index contributed by atoms with van der Waals surface area (Å²) in [6.07, 6.45) is 1.86. The first-order valence-electron chi connectivity index (χ1n) is 5.83. The summed E-state index contributed by atoms with van der Waals surface area (Å²) in [5.74, 6) is 0.540. The highest BCUT2D eigenvalue weighted by molar-refractivity contribution is 5.33.